The molecule has 0 aliphatic rings. The first-order chi connectivity index (χ1) is 7.67. The maximum atomic E-state index is 12.2. The smallest absolute Gasteiger partial charge is 0.495 e. The zero-order valence-corrected chi connectivity index (χ0v) is 10.8. The highest BCUT2D eigenvalue weighted by atomic mass is 79.9. The largest absolute Gasteiger partial charge is 0.516 e. The molecule has 1 rings (SSSR count). The maximum Gasteiger partial charge on any atom is 0.516 e. The zero-order chi connectivity index (χ0) is 13.3. The molecule has 0 heterocycles. The molecule has 0 amide bonds. The minimum Gasteiger partial charge on any atom is -0.495 e. The van der Waals surface area contributed by atoms with Gasteiger partial charge in [0, 0.05) is 4.47 Å². The first-order valence-electron chi connectivity index (χ1n) is 4.10. The van der Waals surface area contributed by atoms with E-state index in [-0.39, 0.29) is 11.4 Å². The summed E-state index contributed by atoms with van der Waals surface area (Å²) in [5.41, 5.74) is -5.67. The van der Waals surface area contributed by atoms with Gasteiger partial charge < -0.3 is 4.74 Å². The number of hydrogen-bond donors (Lipinski definition) is 1. The van der Waals surface area contributed by atoms with E-state index in [9.17, 15) is 21.6 Å². The summed E-state index contributed by atoms with van der Waals surface area (Å²) in [6, 6.07) is 4.00. The second-order valence-electron chi connectivity index (χ2n) is 2.90. The van der Waals surface area contributed by atoms with E-state index in [0.717, 1.165) is 0 Å². The van der Waals surface area contributed by atoms with Crippen LogP contribution in [-0.4, -0.2) is 21.0 Å². The van der Waals surface area contributed by atoms with Gasteiger partial charge in [-0.25, -0.2) is 0 Å². The van der Waals surface area contributed by atoms with Crippen LogP contribution >= 0.6 is 15.9 Å². The van der Waals surface area contributed by atoms with Gasteiger partial charge in [0.25, 0.3) is 0 Å². The van der Waals surface area contributed by atoms with E-state index >= 15 is 0 Å². The summed E-state index contributed by atoms with van der Waals surface area (Å²) in [6.45, 7) is 0. The van der Waals surface area contributed by atoms with Crippen LogP contribution in [0, 0.1) is 0 Å². The molecular formula is C8H7BrF3NO3S. The highest BCUT2D eigenvalue weighted by molar-refractivity contribution is 9.10. The van der Waals surface area contributed by atoms with Crippen LogP contribution in [0.1, 0.15) is 0 Å². The van der Waals surface area contributed by atoms with E-state index in [1.165, 1.54) is 30.0 Å². The van der Waals surface area contributed by atoms with Crippen LogP contribution in [0.3, 0.4) is 0 Å². The van der Waals surface area contributed by atoms with Crippen LogP contribution in [0.15, 0.2) is 22.7 Å². The topological polar surface area (TPSA) is 55.4 Å². The summed E-state index contributed by atoms with van der Waals surface area (Å²) in [7, 11) is -4.23. The first kappa shape index (κ1) is 14.1. The third-order valence-corrected chi connectivity index (χ3v) is 3.30. The van der Waals surface area contributed by atoms with Gasteiger partial charge >= 0.3 is 15.5 Å². The van der Waals surface area contributed by atoms with Crippen LogP contribution in [0.25, 0.3) is 0 Å². The van der Waals surface area contributed by atoms with Gasteiger partial charge in [-0.1, -0.05) is 15.9 Å². The van der Waals surface area contributed by atoms with Gasteiger partial charge in [-0.05, 0) is 18.2 Å². The predicted molar refractivity (Wildman–Crippen MR) is 59.3 cm³/mol. The van der Waals surface area contributed by atoms with Crippen LogP contribution in [0.4, 0.5) is 18.9 Å². The molecule has 0 radical (unpaired) electrons. The molecule has 0 aliphatic carbocycles. The quantitative estimate of drug-likeness (QED) is 0.925. The molecular weight excluding hydrogens is 327 g/mol. The minimum atomic E-state index is -5.45. The molecule has 17 heavy (non-hydrogen) atoms. The number of nitrogens with one attached hydrogen (secondary N) is 1. The summed E-state index contributed by atoms with van der Waals surface area (Å²) in [4.78, 5) is 0. The average Bonchev–Trinajstić information content (AvgIpc) is 2.15. The van der Waals surface area contributed by atoms with Crippen molar-refractivity contribution in [2.24, 2.45) is 0 Å². The first-order valence-corrected chi connectivity index (χ1v) is 6.37. The fraction of sp³-hybridized carbons (Fsp3) is 0.250. The van der Waals surface area contributed by atoms with Gasteiger partial charge in [-0.3, -0.25) is 4.72 Å². The highest BCUT2D eigenvalue weighted by Gasteiger charge is 2.46. The summed E-state index contributed by atoms with van der Waals surface area (Å²) in [6.07, 6.45) is 0. The predicted octanol–water partition coefficient (Wildman–Crippen LogP) is 2.72. The van der Waals surface area contributed by atoms with Crippen LogP contribution in [-0.2, 0) is 10.0 Å². The number of hydrogen-bond acceptors (Lipinski definition) is 3. The molecule has 0 aliphatic heterocycles. The minimum absolute atomic E-state index is 0.0129. The molecule has 9 heteroatoms. The monoisotopic (exact) mass is 333 g/mol. The lowest BCUT2D eigenvalue weighted by Gasteiger charge is -2.13. The van der Waals surface area contributed by atoms with Crippen molar-refractivity contribution in [2.75, 3.05) is 11.8 Å². The Hall–Kier alpha value is -0.960. The highest BCUT2D eigenvalue weighted by Crippen LogP contribution is 2.32. The Balaban J connectivity index is 3.16. The number of anilines is 1. The Kier molecular flexibility index (Phi) is 3.92. The molecule has 1 N–H and O–H groups in total. The molecule has 0 atom stereocenters. The molecule has 0 unspecified atom stereocenters. The Morgan fingerprint density at radius 3 is 2.41 bits per heavy atom. The number of rotatable bonds is 3. The Morgan fingerprint density at radius 2 is 1.94 bits per heavy atom. The van der Waals surface area contributed by atoms with Crippen molar-refractivity contribution in [1.29, 1.82) is 0 Å². The number of methoxy groups -OCH3 is 1. The molecule has 0 spiro atoms. The van der Waals surface area contributed by atoms with Crippen LogP contribution < -0.4 is 9.46 Å². The number of sulfonamides is 1. The number of benzene rings is 1. The molecule has 96 valence electrons. The summed E-state index contributed by atoms with van der Waals surface area (Å²) >= 11 is 3.01. The van der Waals surface area contributed by atoms with Crippen molar-refractivity contribution < 1.29 is 26.3 Å². The van der Waals surface area contributed by atoms with Crippen molar-refractivity contribution in [3.8, 4) is 5.75 Å². The van der Waals surface area contributed by atoms with E-state index in [1.54, 1.807) is 0 Å². The van der Waals surface area contributed by atoms with Gasteiger partial charge in [0.15, 0.2) is 0 Å². The van der Waals surface area contributed by atoms with Crippen molar-refractivity contribution in [3.63, 3.8) is 0 Å². The third kappa shape index (κ3) is 3.25. The maximum absolute atomic E-state index is 12.2. The molecule has 0 saturated heterocycles. The van der Waals surface area contributed by atoms with Crippen molar-refractivity contribution in [2.45, 2.75) is 5.51 Å². The van der Waals surface area contributed by atoms with E-state index in [1.807, 2.05) is 0 Å². The lowest BCUT2D eigenvalue weighted by molar-refractivity contribution is -0.0429. The normalized spacial score (nSPS) is 12.3. The lowest BCUT2D eigenvalue weighted by Crippen LogP contribution is -2.30. The van der Waals surface area contributed by atoms with E-state index < -0.39 is 15.5 Å². The van der Waals surface area contributed by atoms with Crippen LogP contribution in [0.5, 0.6) is 5.75 Å². The summed E-state index contributed by atoms with van der Waals surface area (Å²) in [5.74, 6) is -0.0129. The van der Waals surface area contributed by atoms with Crippen molar-refractivity contribution in [1.82, 2.24) is 0 Å². The summed E-state index contributed by atoms with van der Waals surface area (Å²) in [5, 5.41) is 0. The molecule has 1 aromatic carbocycles. The van der Waals surface area contributed by atoms with Gasteiger partial charge in [-0.2, -0.15) is 21.6 Å². The molecule has 1 aromatic rings. The average molecular weight is 334 g/mol. The van der Waals surface area contributed by atoms with Crippen LogP contribution in [0.2, 0.25) is 0 Å². The molecule has 0 aromatic heterocycles. The zero-order valence-electron chi connectivity index (χ0n) is 8.38. The molecule has 0 bridgehead atoms. The summed E-state index contributed by atoms with van der Waals surface area (Å²) < 4.78 is 64.8. The van der Waals surface area contributed by atoms with Crippen molar-refractivity contribution in [3.05, 3.63) is 22.7 Å². The fourth-order valence-electron chi connectivity index (χ4n) is 0.963. The van der Waals surface area contributed by atoms with Gasteiger partial charge in [0.05, 0.1) is 12.8 Å². The molecule has 4 nitrogen and oxygen atoms in total. The van der Waals surface area contributed by atoms with Gasteiger partial charge in [0.2, 0.25) is 0 Å². The van der Waals surface area contributed by atoms with Crippen molar-refractivity contribution >= 4 is 31.6 Å². The van der Waals surface area contributed by atoms with Gasteiger partial charge in [-0.15, -0.1) is 0 Å². The molecule has 0 saturated carbocycles. The van der Waals surface area contributed by atoms with E-state index in [0.29, 0.717) is 4.47 Å². The Morgan fingerprint density at radius 1 is 1.35 bits per heavy atom. The third-order valence-electron chi connectivity index (χ3n) is 1.71. The fourth-order valence-corrected chi connectivity index (χ4v) is 1.89. The Bertz CT molecular complexity index is 515. The second-order valence-corrected chi connectivity index (χ2v) is 5.49. The number of ether oxygens (including phenoxy) is 1. The molecule has 0 fully saturated rings. The number of alkyl halides is 3. The standard InChI is InChI=1S/C8H7BrF3NO3S/c1-16-7-3-2-5(9)4-6(7)13-17(14,15)8(10,11)12/h2-4,13H,1H3. The van der Waals surface area contributed by atoms with E-state index in [2.05, 4.69) is 15.9 Å². The second kappa shape index (κ2) is 4.73. The van der Waals surface area contributed by atoms with Gasteiger partial charge in [0.1, 0.15) is 5.75 Å². The number of halogens is 4. The van der Waals surface area contributed by atoms with E-state index in [4.69, 9.17) is 4.74 Å². The lowest BCUT2D eigenvalue weighted by atomic mass is 10.3. The SMILES string of the molecule is COc1ccc(Br)cc1NS(=O)(=O)C(F)(F)F. The Labute approximate surface area is 104 Å².